The second-order valence-electron chi connectivity index (χ2n) is 4.28. The van der Waals surface area contributed by atoms with Crippen LogP contribution in [0.5, 0.6) is 0 Å². The van der Waals surface area contributed by atoms with E-state index in [9.17, 15) is 13.9 Å². The van der Waals surface area contributed by atoms with Gasteiger partial charge in [0.25, 0.3) is 0 Å². The van der Waals surface area contributed by atoms with Crippen LogP contribution in [0.2, 0.25) is 0 Å². The quantitative estimate of drug-likeness (QED) is 0.593. The molecular weight excluding hydrogens is 246 g/mol. The number of nitrogens with zero attached hydrogens (tertiary/aromatic N) is 1. The Morgan fingerprint density at radius 1 is 1.56 bits per heavy atom. The number of hydrogen-bond donors (Lipinski definition) is 3. The highest BCUT2D eigenvalue weighted by molar-refractivity contribution is 5.08. The van der Waals surface area contributed by atoms with Crippen molar-refractivity contribution in [2.24, 2.45) is 0 Å². The Balaban J connectivity index is 2.21. The van der Waals surface area contributed by atoms with E-state index in [0.29, 0.717) is 12.4 Å². The average molecular weight is 262 g/mol. The summed E-state index contributed by atoms with van der Waals surface area (Å²) in [6, 6.07) is 0. The third-order valence-corrected chi connectivity index (χ3v) is 3.08. The number of nitrogens with one attached hydrogen (secondary N) is 1. The van der Waals surface area contributed by atoms with Crippen LogP contribution in [0.25, 0.3) is 0 Å². The SMILES string of the molecule is C=C1NCC=CCN1[C@@H]1O[C@H](CO)[C@@H](O)C1(F)F. The minimum atomic E-state index is -3.46. The summed E-state index contributed by atoms with van der Waals surface area (Å²) >= 11 is 0. The normalized spacial score (nSPS) is 35.4. The molecule has 2 heterocycles. The minimum Gasteiger partial charge on any atom is -0.394 e. The van der Waals surface area contributed by atoms with Crippen molar-refractivity contribution in [3.05, 3.63) is 24.6 Å². The maximum atomic E-state index is 13.9. The molecular formula is C11H16F2N2O3. The zero-order valence-corrected chi connectivity index (χ0v) is 9.72. The predicted octanol–water partition coefficient (Wildman–Crippen LogP) is -0.368. The first-order chi connectivity index (χ1) is 8.48. The van der Waals surface area contributed by atoms with Gasteiger partial charge in [-0.15, -0.1) is 0 Å². The summed E-state index contributed by atoms with van der Waals surface area (Å²) in [7, 11) is 0. The van der Waals surface area contributed by atoms with Crippen molar-refractivity contribution < 1.29 is 23.7 Å². The van der Waals surface area contributed by atoms with Gasteiger partial charge in [0.15, 0.2) is 12.3 Å². The Morgan fingerprint density at radius 3 is 2.89 bits per heavy atom. The van der Waals surface area contributed by atoms with Crippen molar-refractivity contribution in [2.45, 2.75) is 24.4 Å². The van der Waals surface area contributed by atoms with E-state index in [1.165, 1.54) is 4.90 Å². The molecule has 0 bridgehead atoms. The largest absolute Gasteiger partial charge is 0.394 e. The molecule has 2 aliphatic heterocycles. The molecule has 0 saturated carbocycles. The van der Waals surface area contributed by atoms with E-state index in [2.05, 4.69) is 11.9 Å². The van der Waals surface area contributed by atoms with Crippen LogP contribution < -0.4 is 5.32 Å². The van der Waals surface area contributed by atoms with Gasteiger partial charge in [0.2, 0.25) is 0 Å². The average Bonchev–Trinajstić information content (AvgIpc) is 2.49. The molecule has 0 amide bonds. The van der Waals surface area contributed by atoms with Gasteiger partial charge in [-0.05, 0) is 0 Å². The van der Waals surface area contributed by atoms with E-state index in [4.69, 9.17) is 9.84 Å². The highest BCUT2D eigenvalue weighted by atomic mass is 19.3. The van der Waals surface area contributed by atoms with Crippen molar-refractivity contribution in [2.75, 3.05) is 19.7 Å². The molecule has 1 fully saturated rings. The van der Waals surface area contributed by atoms with Gasteiger partial charge in [-0.1, -0.05) is 18.7 Å². The van der Waals surface area contributed by atoms with E-state index in [-0.39, 0.29) is 6.54 Å². The summed E-state index contributed by atoms with van der Waals surface area (Å²) in [5, 5.41) is 21.2. The lowest BCUT2D eigenvalue weighted by atomic mass is 10.1. The van der Waals surface area contributed by atoms with Gasteiger partial charge >= 0.3 is 5.92 Å². The number of aliphatic hydroxyl groups excluding tert-OH is 2. The molecule has 5 nitrogen and oxygen atoms in total. The smallest absolute Gasteiger partial charge is 0.319 e. The third-order valence-electron chi connectivity index (χ3n) is 3.08. The van der Waals surface area contributed by atoms with E-state index in [1.54, 1.807) is 12.2 Å². The minimum absolute atomic E-state index is 0.205. The molecule has 1 saturated heterocycles. The van der Waals surface area contributed by atoms with Crippen LogP contribution in [-0.2, 0) is 4.74 Å². The molecule has 2 aliphatic rings. The molecule has 0 radical (unpaired) electrons. The maximum Gasteiger partial charge on any atom is 0.319 e. The zero-order valence-electron chi connectivity index (χ0n) is 9.72. The fourth-order valence-electron chi connectivity index (χ4n) is 2.05. The molecule has 0 aromatic rings. The van der Waals surface area contributed by atoms with E-state index in [1.807, 2.05) is 0 Å². The standard InChI is InChI=1S/C11H16F2N2O3/c1-7-14-4-2-3-5-15(7)10-11(12,13)9(17)8(6-16)18-10/h2-3,8-10,14,16-17H,1,4-6H2/t8-,9-,10-/m1/s1. The summed E-state index contributed by atoms with van der Waals surface area (Å²) in [4.78, 5) is 1.24. The highest BCUT2D eigenvalue weighted by Gasteiger charge is 2.60. The molecule has 0 unspecified atom stereocenters. The second kappa shape index (κ2) is 4.83. The van der Waals surface area contributed by atoms with Gasteiger partial charge in [-0.2, -0.15) is 8.78 Å². The number of hydrogen-bond acceptors (Lipinski definition) is 5. The summed E-state index contributed by atoms with van der Waals surface area (Å²) in [6.07, 6.45) is -1.44. The summed E-state index contributed by atoms with van der Waals surface area (Å²) in [5.41, 5.74) is 0. The van der Waals surface area contributed by atoms with Crippen molar-refractivity contribution in [1.29, 1.82) is 0 Å². The van der Waals surface area contributed by atoms with E-state index < -0.39 is 31.0 Å². The monoisotopic (exact) mass is 262 g/mol. The molecule has 3 N–H and O–H groups in total. The van der Waals surface area contributed by atoms with Crippen LogP contribution in [0, 0.1) is 0 Å². The van der Waals surface area contributed by atoms with Crippen molar-refractivity contribution in [1.82, 2.24) is 10.2 Å². The molecule has 7 heteroatoms. The molecule has 2 rings (SSSR count). The maximum absolute atomic E-state index is 13.9. The predicted molar refractivity (Wildman–Crippen MR) is 59.7 cm³/mol. The Hall–Kier alpha value is -1.18. The molecule has 0 aliphatic carbocycles. The Kier molecular flexibility index (Phi) is 3.56. The van der Waals surface area contributed by atoms with Gasteiger partial charge in [-0.25, -0.2) is 0 Å². The van der Waals surface area contributed by atoms with Crippen molar-refractivity contribution >= 4 is 0 Å². The highest BCUT2D eigenvalue weighted by Crippen LogP contribution is 2.38. The second-order valence-corrected chi connectivity index (χ2v) is 4.28. The Labute approximate surface area is 103 Å². The van der Waals surface area contributed by atoms with Gasteiger partial charge in [-0.3, -0.25) is 0 Å². The van der Waals surface area contributed by atoms with Crippen molar-refractivity contribution in [3.8, 4) is 0 Å². The molecule has 102 valence electrons. The van der Waals surface area contributed by atoms with Gasteiger partial charge in [0.1, 0.15) is 6.10 Å². The number of aliphatic hydroxyl groups is 2. The zero-order chi connectivity index (χ0) is 13.3. The molecule has 0 aromatic heterocycles. The van der Waals surface area contributed by atoms with Gasteiger partial charge in [0, 0.05) is 13.1 Å². The first-order valence-corrected chi connectivity index (χ1v) is 5.65. The summed E-state index contributed by atoms with van der Waals surface area (Å²) < 4.78 is 32.9. The number of ether oxygens (including phenoxy) is 1. The number of alkyl halides is 2. The van der Waals surface area contributed by atoms with Crippen LogP contribution >= 0.6 is 0 Å². The van der Waals surface area contributed by atoms with Crippen LogP contribution in [0.3, 0.4) is 0 Å². The fourth-order valence-corrected chi connectivity index (χ4v) is 2.05. The Morgan fingerprint density at radius 2 is 2.28 bits per heavy atom. The van der Waals surface area contributed by atoms with Crippen LogP contribution in [0.1, 0.15) is 0 Å². The Bertz CT molecular complexity index is 362. The lowest BCUT2D eigenvalue weighted by molar-refractivity contribution is -0.157. The van der Waals surface area contributed by atoms with Crippen LogP contribution in [0.15, 0.2) is 24.6 Å². The van der Waals surface area contributed by atoms with E-state index >= 15 is 0 Å². The summed E-state index contributed by atoms with van der Waals surface area (Å²) in [5.74, 6) is -3.16. The topological polar surface area (TPSA) is 65.0 Å². The van der Waals surface area contributed by atoms with Crippen molar-refractivity contribution in [3.63, 3.8) is 0 Å². The molecule has 3 atom stereocenters. The molecule has 0 aromatic carbocycles. The van der Waals surface area contributed by atoms with Gasteiger partial charge in [0.05, 0.1) is 12.4 Å². The first kappa shape index (κ1) is 13.3. The third kappa shape index (κ3) is 2.09. The lowest BCUT2D eigenvalue weighted by Gasteiger charge is -2.33. The fraction of sp³-hybridized carbons (Fsp3) is 0.636. The lowest BCUT2D eigenvalue weighted by Crippen LogP contribution is -2.50. The van der Waals surface area contributed by atoms with Crippen LogP contribution in [-0.4, -0.2) is 59.2 Å². The van der Waals surface area contributed by atoms with Crippen LogP contribution in [0.4, 0.5) is 8.78 Å². The first-order valence-electron chi connectivity index (χ1n) is 5.65. The molecule has 0 spiro atoms. The number of halogens is 2. The number of rotatable bonds is 2. The van der Waals surface area contributed by atoms with E-state index in [0.717, 1.165) is 0 Å². The summed E-state index contributed by atoms with van der Waals surface area (Å²) in [6.45, 7) is 3.71. The molecule has 18 heavy (non-hydrogen) atoms. The van der Waals surface area contributed by atoms with Gasteiger partial charge < -0.3 is 25.2 Å².